The molecule has 6 rings (SSSR count). The highest BCUT2D eigenvalue weighted by Crippen LogP contribution is 2.58. The van der Waals surface area contributed by atoms with Crippen LogP contribution in [-0.4, -0.2) is 61.3 Å². The number of aromatic nitrogens is 1. The molecule has 13 heteroatoms. The fraction of sp³-hybridized carbons (Fsp3) is 0.500. The van der Waals surface area contributed by atoms with Crippen molar-refractivity contribution in [2.45, 2.75) is 89.9 Å². The van der Waals surface area contributed by atoms with E-state index in [4.69, 9.17) is 13.7 Å². The monoisotopic (exact) mass is 783 g/mol. The smallest absolute Gasteiger partial charge is 0.291 e. The zero-order valence-corrected chi connectivity index (χ0v) is 33.0. The number of ether oxygens (including phenoxy) is 1. The van der Waals surface area contributed by atoms with E-state index in [9.17, 15) is 14.7 Å². The Kier molecular flexibility index (Phi) is 9.94. The first-order valence-corrected chi connectivity index (χ1v) is 21.2. The molecule has 3 aliphatic rings. The second-order valence-electron chi connectivity index (χ2n) is 15.7. The largest absolute Gasteiger partial charge is 0.507 e. The van der Waals surface area contributed by atoms with Gasteiger partial charge in [-0.3, -0.25) is 19.3 Å². The third kappa shape index (κ3) is 5.98. The van der Waals surface area contributed by atoms with Gasteiger partial charge in [0.05, 0.1) is 16.1 Å². The number of aliphatic hydroxyl groups is 1. The summed E-state index contributed by atoms with van der Waals surface area (Å²) in [7, 11) is 0.650. The molecule has 0 bridgehead atoms. The van der Waals surface area contributed by atoms with Gasteiger partial charge in [-0.15, -0.1) is 0 Å². The van der Waals surface area contributed by atoms with Crippen LogP contribution in [0.25, 0.3) is 5.76 Å². The Labute approximate surface area is 307 Å². The van der Waals surface area contributed by atoms with Crippen molar-refractivity contribution in [1.29, 1.82) is 0 Å². The number of nitrogens with zero attached hydrogens (tertiary/aromatic N) is 1. The number of Topliss-reactive ketones (excluding diaryl/α,β-unsaturated/α-hetero) is 2. The fourth-order valence-corrected chi connectivity index (χ4v) is 9.76. The van der Waals surface area contributed by atoms with Crippen molar-refractivity contribution in [2.24, 2.45) is 11.8 Å². The quantitative estimate of drug-likeness (QED) is 0.111. The molecule has 0 aliphatic heterocycles. The summed E-state index contributed by atoms with van der Waals surface area (Å²) in [6.07, 6.45) is 1.11. The van der Waals surface area contributed by atoms with Crippen LogP contribution in [-0.2, 0) is 28.8 Å². The number of benzene rings is 2. The zero-order valence-electron chi connectivity index (χ0n) is 30.5. The van der Waals surface area contributed by atoms with Crippen LogP contribution in [0.2, 0.25) is 18.1 Å². The molecule has 1 heterocycles. The van der Waals surface area contributed by atoms with Crippen molar-refractivity contribution in [1.82, 2.24) is 15.4 Å². The van der Waals surface area contributed by atoms with Crippen LogP contribution in [0.15, 0.2) is 49.7 Å². The molecule has 10 nitrogen and oxygen atoms in total. The highest BCUT2D eigenvalue weighted by Gasteiger charge is 2.68. The number of halogens is 2. The van der Waals surface area contributed by atoms with E-state index in [1.165, 1.54) is 0 Å². The average Bonchev–Trinajstić information content (AvgIpc) is 3.44. The molecule has 274 valence electrons. The molecular weight excluding hydrogens is 737 g/mol. The van der Waals surface area contributed by atoms with E-state index in [2.05, 4.69) is 26.4 Å². The SMILES string of the molecule is CCCNCc1c(F)c2c(c(OCc3ccccc3)c1Br)C(O)=C1C(=O)[C@]3(O[Si](C)(C)C(C)(C)C)C(=O)c4c(o[nH]c4=O)[C@@H](N(C)C)[C@@H]3C[C@@H]1C2. The maximum Gasteiger partial charge on any atom is 0.291 e. The van der Waals surface area contributed by atoms with Gasteiger partial charge in [-0.2, -0.15) is 5.16 Å². The molecule has 3 aliphatic carbocycles. The number of nitrogens with one attached hydrogen (secondary N) is 2. The highest BCUT2D eigenvalue weighted by molar-refractivity contribution is 9.10. The summed E-state index contributed by atoms with van der Waals surface area (Å²) >= 11 is 3.60. The molecule has 1 saturated carbocycles. The van der Waals surface area contributed by atoms with Crippen LogP contribution in [0.5, 0.6) is 5.75 Å². The van der Waals surface area contributed by atoms with E-state index in [1.54, 1.807) is 14.1 Å². The molecule has 3 aromatic rings. The van der Waals surface area contributed by atoms with Gasteiger partial charge in [0.1, 0.15) is 29.5 Å². The van der Waals surface area contributed by atoms with Gasteiger partial charge >= 0.3 is 0 Å². The van der Waals surface area contributed by atoms with Crippen molar-refractivity contribution >= 4 is 41.6 Å². The van der Waals surface area contributed by atoms with Crippen LogP contribution < -0.4 is 15.6 Å². The normalized spacial score (nSPS) is 23.2. The number of carbonyl (C=O) groups excluding carboxylic acids is 2. The number of H-pyrrole nitrogens is 1. The van der Waals surface area contributed by atoms with Gasteiger partial charge in [-0.25, -0.2) is 4.39 Å². The van der Waals surface area contributed by atoms with E-state index in [0.29, 0.717) is 16.6 Å². The first-order valence-electron chi connectivity index (χ1n) is 17.5. The molecule has 0 amide bonds. The van der Waals surface area contributed by atoms with E-state index >= 15 is 9.18 Å². The van der Waals surface area contributed by atoms with Crippen LogP contribution in [0.1, 0.15) is 85.0 Å². The number of ketones is 2. The molecule has 1 aromatic heterocycles. The maximum atomic E-state index is 16.8. The Hall–Kier alpha value is -3.36. The first-order chi connectivity index (χ1) is 24.0. The van der Waals surface area contributed by atoms with Gasteiger partial charge in [-0.05, 0) is 85.4 Å². The van der Waals surface area contributed by atoms with Crippen molar-refractivity contribution in [3.63, 3.8) is 0 Å². The van der Waals surface area contributed by atoms with Crippen molar-refractivity contribution in [3.05, 3.63) is 90.1 Å². The lowest BCUT2D eigenvalue weighted by atomic mass is 9.57. The Morgan fingerprint density at radius 2 is 1.82 bits per heavy atom. The predicted molar refractivity (Wildman–Crippen MR) is 198 cm³/mol. The second-order valence-corrected chi connectivity index (χ2v) is 21.2. The summed E-state index contributed by atoms with van der Waals surface area (Å²) in [5.74, 6) is -3.55. The number of fused-ring (bicyclic) bond motifs is 4. The average molecular weight is 785 g/mol. The topological polar surface area (TPSA) is 134 Å². The molecule has 0 saturated heterocycles. The minimum absolute atomic E-state index is 0.0144. The Bertz CT molecular complexity index is 1970. The summed E-state index contributed by atoms with van der Waals surface area (Å²) < 4.78 is 36.1. The van der Waals surface area contributed by atoms with E-state index in [-0.39, 0.29) is 59.8 Å². The molecule has 4 atom stereocenters. The van der Waals surface area contributed by atoms with Gasteiger partial charge in [0.2, 0.25) is 11.6 Å². The summed E-state index contributed by atoms with van der Waals surface area (Å²) in [6.45, 7) is 12.9. The van der Waals surface area contributed by atoms with Gasteiger partial charge in [0.25, 0.3) is 5.56 Å². The maximum absolute atomic E-state index is 16.8. The lowest BCUT2D eigenvalue weighted by Gasteiger charge is -2.55. The third-order valence-corrected chi connectivity index (χ3v) is 16.5. The number of carbonyl (C=O) groups is 2. The van der Waals surface area contributed by atoms with Crippen molar-refractivity contribution < 1.29 is 32.8 Å². The van der Waals surface area contributed by atoms with Crippen molar-refractivity contribution in [2.75, 3.05) is 20.6 Å². The number of hydrogen-bond donors (Lipinski definition) is 3. The highest BCUT2D eigenvalue weighted by atomic mass is 79.9. The van der Waals surface area contributed by atoms with Crippen LogP contribution in [0.3, 0.4) is 0 Å². The van der Waals surface area contributed by atoms with Crippen LogP contribution in [0, 0.1) is 17.7 Å². The molecule has 0 unspecified atom stereocenters. The molecule has 1 fully saturated rings. The number of aromatic amines is 1. The molecule has 0 radical (unpaired) electrons. The minimum atomic E-state index is -2.94. The van der Waals surface area contributed by atoms with E-state index in [1.807, 2.05) is 76.0 Å². The molecule has 51 heavy (non-hydrogen) atoms. The second kappa shape index (κ2) is 13.6. The van der Waals surface area contributed by atoms with Gasteiger partial charge in [0, 0.05) is 29.2 Å². The summed E-state index contributed by atoms with van der Waals surface area (Å²) in [6, 6.07) is 8.76. The van der Waals surface area contributed by atoms with Crippen LogP contribution in [0.4, 0.5) is 4.39 Å². The molecule has 3 N–H and O–H groups in total. The van der Waals surface area contributed by atoms with Crippen LogP contribution >= 0.6 is 15.9 Å². The Balaban J connectivity index is 1.60. The number of aliphatic hydroxyl groups excluding tert-OH is 1. The van der Waals surface area contributed by atoms with Gasteiger partial charge in [0.15, 0.2) is 19.7 Å². The summed E-state index contributed by atoms with van der Waals surface area (Å²) in [5.41, 5.74) is -1.62. The summed E-state index contributed by atoms with van der Waals surface area (Å²) in [5, 5.41) is 17.5. The van der Waals surface area contributed by atoms with Gasteiger partial charge in [-0.1, -0.05) is 58.0 Å². The Morgan fingerprint density at radius 3 is 2.45 bits per heavy atom. The molecule has 0 spiro atoms. The van der Waals surface area contributed by atoms with Gasteiger partial charge < -0.3 is 24.1 Å². The zero-order chi connectivity index (χ0) is 37.2. The summed E-state index contributed by atoms with van der Waals surface area (Å²) in [4.78, 5) is 45.3. The fourth-order valence-electron chi connectivity index (χ4n) is 7.68. The third-order valence-electron chi connectivity index (χ3n) is 11.2. The molecule has 2 aromatic carbocycles. The van der Waals surface area contributed by atoms with E-state index < -0.39 is 65.5 Å². The standard InChI is InChI=1S/C38H47BrFN3O7Si/c1-9-15-41-18-23-28(39)32(48-19-20-13-11-10-12-14-20)26-22(29(23)40)16-21-17-24-30(43(5)6)33-27(36(47)42-49-33)35(46)38(24,34(45)25(21)31(26)44)50-51(7,8)37(2,3)4/h10-14,21,24,30,41,44H,9,15-19H2,1-8H3,(H,42,47)/t21-,24-,30-,38-/m0/s1. The number of rotatable bonds is 10. The lowest BCUT2D eigenvalue weighted by molar-refractivity contribution is -0.140. The first kappa shape index (κ1) is 37.4. The lowest BCUT2D eigenvalue weighted by Crippen LogP contribution is -2.68. The Morgan fingerprint density at radius 1 is 1.14 bits per heavy atom. The van der Waals surface area contributed by atoms with Crippen molar-refractivity contribution in [3.8, 4) is 5.75 Å². The number of hydrogen-bond acceptors (Lipinski definition) is 9. The van der Waals surface area contributed by atoms with E-state index in [0.717, 1.165) is 12.0 Å². The minimum Gasteiger partial charge on any atom is -0.507 e. The predicted octanol–water partition coefficient (Wildman–Crippen LogP) is 7.24. The molecular formula is C38H47BrFN3O7Si.